The minimum absolute atomic E-state index is 0.0183. The molecule has 0 amide bonds. The molecule has 1 atom stereocenters. The van der Waals surface area contributed by atoms with Crippen molar-refractivity contribution in [2.45, 2.75) is 13.8 Å². The van der Waals surface area contributed by atoms with E-state index in [2.05, 4.69) is 20.4 Å². The second-order valence-electron chi connectivity index (χ2n) is 3.83. The number of rotatable bonds is 1. The van der Waals surface area contributed by atoms with E-state index in [1.54, 1.807) is 6.08 Å². The molecule has 0 fully saturated rings. The molecule has 0 heterocycles. The zero-order valence-electron chi connectivity index (χ0n) is 7.63. The molecular formula is C10H15NO. The van der Waals surface area contributed by atoms with E-state index >= 15 is 0 Å². The molecule has 0 aromatic carbocycles. The Morgan fingerprint density at radius 3 is 2.67 bits per heavy atom. The highest BCUT2D eigenvalue weighted by molar-refractivity contribution is 6.05. The molecule has 2 heteroatoms. The fourth-order valence-electron chi connectivity index (χ4n) is 1.58. The quantitative estimate of drug-likeness (QED) is 0.595. The van der Waals surface area contributed by atoms with Gasteiger partial charge in [0.15, 0.2) is 5.78 Å². The molecule has 0 aromatic rings. The van der Waals surface area contributed by atoms with Gasteiger partial charge in [-0.15, -0.1) is 0 Å². The molecule has 1 rings (SSSR count). The summed E-state index contributed by atoms with van der Waals surface area (Å²) in [5, 5.41) is 0. The fourth-order valence-corrected chi connectivity index (χ4v) is 1.58. The Morgan fingerprint density at radius 1 is 1.67 bits per heavy atom. The summed E-state index contributed by atoms with van der Waals surface area (Å²) in [6.07, 6.45) is 3.51. The Morgan fingerprint density at radius 2 is 2.25 bits per heavy atom. The summed E-state index contributed by atoms with van der Waals surface area (Å²) in [5.41, 5.74) is 6.20. The molecule has 0 aromatic heterocycles. The van der Waals surface area contributed by atoms with Crippen molar-refractivity contribution in [3.63, 3.8) is 0 Å². The lowest BCUT2D eigenvalue weighted by Crippen LogP contribution is -2.35. The number of carbonyl (C=O) groups excluding carboxylic acids is 1. The maximum Gasteiger partial charge on any atom is 0.181 e. The van der Waals surface area contributed by atoms with Crippen molar-refractivity contribution in [3.8, 4) is 0 Å². The van der Waals surface area contributed by atoms with Crippen LogP contribution in [0.15, 0.2) is 24.3 Å². The number of hydrogen-bond acceptors (Lipinski definition) is 2. The van der Waals surface area contributed by atoms with Gasteiger partial charge in [-0.1, -0.05) is 26.5 Å². The van der Waals surface area contributed by atoms with Crippen molar-refractivity contribution in [1.82, 2.24) is 0 Å². The summed E-state index contributed by atoms with van der Waals surface area (Å²) >= 11 is 0. The molecule has 1 unspecified atom stereocenters. The van der Waals surface area contributed by atoms with Crippen molar-refractivity contribution in [2.75, 3.05) is 6.54 Å². The van der Waals surface area contributed by atoms with Crippen LogP contribution >= 0.6 is 0 Å². The van der Waals surface area contributed by atoms with Crippen LogP contribution in [0.3, 0.4) is 0 Å². The summed E-state index contributed by atoms with van der Waals surface area (Å²) in [4.78, 5) is 11.2. The maximum atomic E-state index is 11.2. The molecule has 2 nitrogen and oxygen atoms in total. The average molecular weight is 165 g/mol. The number of allylic oxidation sites excluding steroid dienone is 2. The van der Waals surface area contributed by atoms with Crippen LogP contribution in [-0.2, 0) is 4.79 Å². The lowest BCUT2D eigenvalue weighted by Gasteiger charge is -2.34. The fraction of sp³-hybridized carbons (Fsp3) is 0.500. The van der Waals surface area contributed by atoms with Crippen molar-refractivity contribution in [2.24, 2.45) is 17.1 Å². The molecule has 66 valence electrons. The van der Waals surface area contributed by atoms with Crippen LogP contribution in [0.1, 0.15) is 13.8 Å². The van der Waals surface area contributed by atoms with E-state index in [9.17, 15) is 4.79 Å². The average Bonchev–Trinajstić information content (AvgIpc) is 1.99. The first kappa shape index (κ1) is 9.20. The molecule has 0 saturated carbocycles. The van der Waals surface area contributed by atoms with Gasteiger partial charge in [-0.25, -0.2) is 0 Å². The molecule has 0 aliphatic heterocycles. The maximum absolute atomic E-state index is 11.2. The number of carbonyl (C=O) groups is 1. The largest absolute Gasteiger partial charge is 0.330 e. The van der Waals surface area contributed by atoms with E-state index < -0.39 is 0 Å². The van der Waals surface area contributed by atoms with Crippen LogP contribution in [0.5, 0.6) is 0 Å². The number of ketones is 1. The normalized spacial score (nSPS) is 27.8. The first-order valence-electron chi connectivity index (χ1n) is 4.11. The third-order valence-electron chi connectivity index (χ3n) is 2.54. The Kier molecular flexibility index (Phi) is 2.20. The monoisotopic (exact) mass is 165 g/mol. The Balaban J connectivity index is 3.03. The van der Waals surface area contributed by atoms with Gasteiger partial charge in [-0.3, -0.25) is 4.79 Å². The van der Waals surface area contributed by atoms with Crippen LogP contribution in [0.4, 0.5) is 0 Å². The van der Waals surface area contributed by atoms with Gasteiger partial charge in [0.25, 0.3) is 0 Å². The smallest absolute Gasteiger partial charge is 0.181 e. The van der Waals surface area contributed by atoms with Crippen LogP contribution in [-0.4, -0.2) is 12.3 Å². The van der Waals surface area contributed by atoms with Gasteiger partial charge in [0, 0.05) is 12.5 Å². The minimum Gasteiger partial charge on any atom is -0.330 e. The molecular weight excluding hydrogens is 150 g/mol. The highest BCUT2D eigenvalue weighted by Crippen LogP contribution is 2.36. The van der Waals surface area contributed by atoms with Crippen molar-refractivity contribution >= 4 is 5.78 Å². The third kappa shape index (κ3) is 1.34. The second kappa shape index (κ2) is 2.87. The van der Waals surface area contributed by atoms with E-state index in [0.29, 0.717) is 12.1 Å². The predicted molar refractivity (Wildman–Crippen MR) is 49.6 cm³/mol. The summed E-state index contributed by atoms with van der Waals surface area (Å²) in [7, 11) is 0. The number of nitrogens with two attached hydrogens (primary N) is 1. The molecule has 0 saturated heterocycles. The molecule has 2 N–H and O–H groups in total. The molecule has 0 spiro atoms. The zero-order valence-corrected chi connectivity index (χ0v) is 7.63. The summed E-state index contributed by atoms with van der Waals surface area (Å²) < 4.78 is 0. The Hall–Kier alpha value is -0.890. The van der Waals surface area contributed by atoms with Gasteiger partial charge in [-0.2, -0.15) is 0 Å². The molecule has 0 radical (unpaired) electrons. The van der Waals surface area contributed by atoms with E-state index in [0.717, 1.165) is 0 Å². The van der Waals surface area contributed by atoms with Gasteiger partial charge >= 0.3 is 0 Å². The van der Waals surface area contributed by atoms with Crippen molar-refractivity contribution in [3.05, 3.63) is 24.3 Å². The molecule has 1 aliphatic rings. The number of hydrogen-bond donors (Lipinski definition) is 1. The van der Waals surface area contributed by atoms with Gasteiger partial charge in [-0.05, 0) is 17.1 Å². The zero-order chi connectivity index (χ0) is 9.35. The molecule has 0 bridgehead atoms. The standard InChI is InChI=1S/C10H15NO/c1-7-8(6-11)10(2,3)5-4-9(7)12/h4-5,8H,1,6,11H2,2-3H3. The summed E-state index contributed by atoms with van der Waals surface area (Å²) in [5.74, 6) is 0.111. The van der Waals surface area contributed by atoms with E-state index in [1.165, 1.54) is 0 Å². The lowest BCUT2D eigenvalue weighted by atomic mass is 9.70. The predicted octanol–water partition coefficient (Wildman–Crippen LogP) is 1.28. The summed E-state index contributed by atoms with van der Waals surface area (Å²) in [6.45, 7) is 8.39. The van der Waals surface area contributed by atoms with Crippen molar-refractivity contribution < 1.29 is 4.79 Å². The first-order chi connectivity index (χ1) is 5.49. The Bertz CT molecular complexity index is 251. The van der Waals surface area contributed by atoms with Crippen LogP contribution in [0.25, 0.3) is 0 Å². The lowest BCUT2D eigenvalue weighted by molar-refractivity contribution is -0.112. The van der Waals surface area contributed by atoms with Gasteiger partial charge < -0.3 is 5.73 Å². The van der Waals surface area contributed by atoms with Gasteiger partial charge in [0.05, 0.1) is 0 Å². The van der Waals surface area contributed by atoms with Crippen LogP contribution in [0.2, 0.25) is 0 Å². The summed E-state index contributed by atoms with van der Waals surface area (Å²) in [6, 6.07) is 0. The highest BCUT2D eigenvalue weighted by Gasteiger charge is 2.33. The Labute approximate surface area is 73.1 Å². The minimum atomic E-state index is -0.0280. The second-order valence-corrected chi connectivity index (χ2v) is 3.83. The molecule has 1 aliphatic carbocycles. The van der Waals surface area contributed by atoms with Crippen LogP contribution < -0.4 is 5.73 Å². The SMILES string of the molecule is C=C1C(=O)C=CC(C)(C)C1CN. The third-order valence-corrected chi connectivity index (χ3v) is 2.54. The first-order valence-corrected chi connectivity index (χ1v) is 4.11. The van der Waals surface area contributed by atoms with Crippen LogP contribution in [0, 0.1) is 11.3 Å². The van der Waals surface area contributed by atoms with Gasteiger partial charge in [0.1, 0.15) is 0 Å². The molecule has 12 heavy (non-hydrogen) atoms. The van der Waals surface area contributed by atoms with Crippen molar-refractivity contribution in [1.29, 1.82) is 0 Å². The van der Waals surface area contributed by atoms with Gasteiger partial charge in [0.2, 0.25) is 0 Å². The topological polar surface area (TPSA) is 43.1 Å². The van der Waals surface area contributed by atoms with E-state index in [-0.39, 0.29) is 17.1 Å². The highest BCUT2D eigenvalue weighted by atomic mass is 16.1. The van der Waals surface area contributed by atoms with E-state index in [1.807, 2.05) is 6.08 Å². The van der Waals surface area contributed by atoms with E-state index in [4.69, 9.17) is 5.73 Å².